The molecule has 3 rings (SSSR count). The number of rotatable bonds is 2. The van der Waals surface area contributed by atoms with Gasteiger partial charge >= 0.3 is 0 Å². The Morgan fingerprint density at radius 3 is 2.75 bits per heavy atom. The fraction of sp³-hybridized carbons (Fsp3) is 0.250. The lowest BCUT2D eigenvalue weighted by Crippen LogP contribution is -2.37. The molecular weight excluding hydrogens is 268 g/mol. The third-order valence-electron chi connectivity index (χ3n) is 3.38. The number of hydrogen-bond donors (Lipinski definition) is 0. The van der Waals surface area contributed by atoms with Crippen LogP contribution in [0.5, 0.6) is 0 Å². The Bertz CT molecular complexity index is 598. The molecule has 1 aromatic carbocycles. The van der Waals surface area contributed by atoms with E-state index in [1.54, 1.807) is 18.0 Å². The van der Waals surface area contributed by atoms with E-state index in [1.165, 1.54) is 5.56 Å². The number of benzene rings is 1. The Hall–Kier alpha value is -1.81. The molecule has 1 aromatic heterocycles. The highest BCUT2D eigenvalue weighted by molar-refractivity contribution is 7.99. The van der Waals surface area contributed by atoms with Gasteiger partial charge in [-0.25, -0.2) is 0 Å². The van der Waals surface area contributed by atoms with Crippen LogP contribution in [0.15, 0.2) is 48.8 Å². The van der Waals surface area contributed by atoms with Gasteiger partial charge in [-0.05, 0) is 25.1 Å². The molecule has 0 spiro atoms. The lowest BCUT2D eigenvalue weighted by molar-refractivity contribution is -0.118. The van der Waals surface area contributed by atoms with Gasteiger partial charge in [-0.2, -0.15) is 0 Å². The van der Waals surface area contributed by atoms with Crippen LogP contribution < -0.4 is 4.90 Å². The quantitative estimate of drug-likeness (QED) is 0.845. The van der Waals surface area contributed by atoms with Crippen LogP contribution in [0.4, 0.5) is 5.69 Å². The molecule has 1 aliphatic heterocycles. The van der Waals surface area contributed by atoms with Crippen LogP contribution >= 0.6 is 11.8 Å². The number of anilines is 1. The molecule has 3 nitrogen and oxygen atoms in total. The van der Waals surface area contributed by atoms with Crippen molar-refractivity contribution in [3.63, 3.8) is 0 Å². The highest BCUT2D eigenvalue weighted by Crippen LogP contribution is 2.40. The topological polar surface area (TPSA) is 33.2 Å². The fourth-order valence-electron chi connectivity index (χ4n) is 2.34. The molecule has 0 aliphatic carbocycles. The Kier molecular flexibility index (Phi) is 3.74. The van der Waals surface area contributed by atoms with Crippen molar-refractivity contribution >= 4 is 23.4 Å². The zero-order valence-corrected chi connectivity index (χ0v) is 12.1. The molecule has 0 saturated carbocycles. The van der Waals surface area contributed by atoms with Crippen molar-refractivity contribution in [1.29, 1.82) is 0 Å². The largest absolute Gasteiger partial charge is 0.296 e. The van der Waals surface area contributed by atoms with E-state index in [4.69, 9.17) is 0 Å². The molecule has 1 unspecified atom stereocenters. The Balaban J connectivity index is 1.99. The number of nitrogens with zero attached hydrogens (tertiary/aromatic N) is 2. The minimum absolute atomic E-state index is 0.0210. The van der Waals surface area contributed by atoms with E-state index in [9.17, 15) is 4.79 Å². The predicted molar refractivity (Wildman–Crippen MR) is 82.7 cm³/mol. The lowest BCUT2D eigenvalue weighted by Gasteiger charge is -2.35. The van der Waals surface area contributed by atoms with Gasteiger partial charge in [-0.15, -0.1) is 11.8 Å². The van der Waals surface area contributed by atoms with Crippen molar-refractivity contribution in [1.82, 2.24) is 4.98 Å². The van der Waals surface area contributed by atoms with E-state index in [0.717, 1.165) is 17.0 Å². The number of amides is 1. The standard InChI is InChI=1S/C16H16N2OS/c1-12-4-6-14(7-5-12)18-15(19)8-10-20-16(18)13-3-2-9-17-11-13/h2-7,9,11,16H,8,10H2,1H3. The SMILES string of the molecule is Cc1ccc(N2C(=O)CCSC2c2cccnc2)cc1. The number of carbonyl (C=O) groups is 1. The number of hydrogen-bond acceptors (Lipinski definition) is 3. The summed E-state index contributed by atoms with van der Waals surface area (Å²) in [6.07, 6.45) is 4.20. The molecular formula is C16H16N2OS. The smallest absolute Gasteiger partial charge is 0.229 e. The van der Waals surface area contributed by atoms with Crippen LogP contribution in [0.2, 0.25) is 0 Å². The first-order valence-corrected chi connectivity index (χ1v) is 7.71. The van der Waals surface area contributed by atoms with E-state index in [0.29, 0.717) is 6.42 Å². The summed E-state index contributed by atoms with van der Waals surface area (Å²) in [5, 5.41) is 0.0210. The van der Waals surface area contributed by atoms with Gasteiger partial charge in [0, 0.05) is 35.8 Å². The van der Waals surface area contributed by atoms with Crippen molar-refractivity contribution in [3.8, 4) is 0 Å². The number of pyridine rings is 1. The molecule has 0 N–H and O–H groups in total. The van der Waals surface area contributed by atoms with Crippen LogP contribution in [-0.4, -0.2) is 16.6 Å². The van der Waals surface area contributed by atoms with E-state index in [-0.39, 0.29) is 11.3 Å². The average Bonchev–Trinajstić information content (AvgIpc) is 2.49. The summed E-state index contributed by atoms with van der Waals surface area (Å²) >= 11 is 1.79. The second-order valence-electron chi connectivity index (χ2n) is 4.86. The maximum absolute atomic E-state index is 12.4. The second kappa shape index (κ2) is 5.67. The minimum atomic E-state index is 0.0210. The van der Waals surface area contributed by atoms with Crippen LogP contribution in [0.3, 0.4) is 0 Å². The van der Waals surface area contributed by atoms with Gasteiger partial charge in [-0.1, -0.05) is 23.8 Å². The maximum atomic E-state index is 12.4. The number of carbonyl (C=O) groups excluding carboxylic acids is 1. The molecule has 1 saturated heterocycles. The Morgan fingerprint density at radius 1 is 1.25 bits per heavy atom. The van der Waals surface area contributed by atoms with Crippen LogP contribution in [0.1, 0.15) is 22.9 Å². The van der Waals surface area contributed by atoms with Gasteiger partial charge in [0.2, 0.25) is 5.91 Å². The zero-order valence-electron chi connectivity index (χ0n) is 11.3. The predicted octanol–water partition coefficient (Wildman–Crippen LogP) is 3.56. The van der Waals surface area contributed by atoms with Crippen LogP contribution in [0, 0.1) is 6.92 Å². The first-order chi connectivity index (χ1) is 9.75. The van der Waals surface area contributed by atoms with E-state index in [1.807, 2.05) is 47.5 Å². The summed E-state index contributed by atoms with van der Waals surface area (Å²) in [4.78, 5) is 18.4. The molecule has 1 atom stereocenters. The van der Waals surface area contributed by atoms with Gasteiger partial charge in [0.05, 0.1) is 0 Å². The van der Waals surface area contributed by atoms with E-state index < -0.39 is 0 Å². The minimum Gasteiger partial charge on any atom is -0.296 e. The van der Waals surface area contributed by atoms with Crippen LogP contribution in [-0.2, 0) is 4.79 Å². The van der Waals surface area contributed by atoms with Crippen molar-refractivity contribution in [2.75, 3.05) is 10.7 Å². The molecule has 0 bridgehead atoms. The average molecular weight is 284 g/mol. The Morgan fingerprint density at radius 2 is 2.05 bits per heavy atom. The second-order valence-corrected chi connectivity index (χ2v) is 6.05. The molecule has 1 amide bonds. The lowest BCUT2D eigenvalue weighted by atomic mass is 10.1. The highest BCUT2D eigenvalue weighted by Gasteiger charge is 2.31. The Labute approximate surface area is 123 Å². The zero-order chi connectivity index (χ0) is 13.9. The number of aryl methyl sites for hydroxylation is 1. The van der Waals surface area contributed by atoms with Gasteiger partial charge in [0.1, 0.15) is 5.37 Å². The summed E-state index contributed by atoms with van der Waals surface area (Å²) in [5.74, 6) is 1.04. The first-order valence-electron chi connectivity index (χ1n) is 6.66. The maximum Gasteiger partial charge on any atom is 0.229 e. The van der Waals surface area contributed by atoms with Crippen molar-refractivity contribution in [3.05, 3.63) is 59.9 Å². The van der Waals surface area contributed by atoms with E-state index >= 15 is 0 Å². The normalized spacial score (nSPS) is 19.1. The molecule has 2 aromatic rings. The summed E-state index contributed by atoms with van der Waals surface area (Å²) in [6.45, 7) is 2.05. The molecule has 1 aliphatic rings. The molecule has 1 fully saturated rings. The van der Waals surface area contributed by atoms with Gasteiger partial charge in [0.15, 0.2) is 0 Å². The molecule has 2 heterocycles. The summed E-state index contributed by atoms with van der Waals surface area (Å²) in [7, 11) is 0. The van der Waals surface area contributed by atoms with Crippen molar-refractivity contribution in [2.45, 2.75) is 18.7 Å². The van der Waals surface area contributed by atoms with Gasteiger partial charge in [-0.3, -0.25) is 14.7 Å². The van der Waals surface area contributed by atoms with Crippen LogP contribution in [0.25, 0.3) is 0 Å². The van der Waals surface area contributed by atoms with Crippen molar-refractivity contribution in [2.24, 2.45) is 0 Å². The summed E-state index contributed by atoms with van der Waals surface area (Å²) < 4.78 is 0. The molecule has 4 heteroatoms. The molecule has 20 heavy (non-hydrogen) atoms. The van der Waals surface area contributed by atoms with Gasteiger partial charge in [0.25, 0.3) is 0 Å². The fourth-order valence-corrected chi connectivity index (χ4v) is 3.57. The number of aromatic nitrogens is 1. The highest BCUT2D eigenvalue weighted by atomic mass is 32.2. The van der Waals surface area contributed by atoms with Gasteiger partial charge < -0.3 is 0 Å². The first kappa shape index (κ1) is 13.2. The van der Waals surface area contributed by atoms with Crippen molar-refractivity contribution < 1.29 is 4.79 Å². The van der Waals surface area contributed by atoms with E-state index in [2.05, 4.69) is 11.9 Å². The molecule has 102 valence electrons. The monoisotopic (exact) mass is 284 g/mol. The third kappa shape index (κ3) is 2.56. The summed E-state index contributed by atoms with van der Waals surface area (Å²) in [6, 6.07) is 12.1. The summed E-state index contributed by atoms with van der Waals surface area (Å²) in [5.41, 5.74) is 3.23. The molecule has 0 radical (unpaired) electrons. The third-order valence-corrected chi connectivity index (χ3v) is 4.62. The number of thioether (sulfide) groups is 1.